The molecule has 0 radical (unpaired) electrons. The van der Waals surface area contributed by atoms with Gasteiger partial charge < -0.3 is 5.32 Å². The Labute approximate surface area is 147 Å². The third kappa shape index (κ3) is 4.24. The van der Waals surface area contributed by atoms with Crippen LogP contribution in [0.4, 0.5) is 10.1 Å². The molecule has 0 spiro atoms. The lowest BCUT2D eigenvalue weighted by molar-refractivity contribution is 0.102. The van der Waals surface area contributed by atoms with E-state index in [1.165, 1.54) is 34.6 Å². The summed E-state index contributed by atoms with van der Waals surface area (Å²) in [4.78, 5) is 12.4. The molecule has 0 fully saturated rings. The first kappa shape index (κ1) is 19.1. The summed E-state index contributed by atoms with van der Waals surface area (Å²) >= 11 is 0. The van der Waals surface area contributed by atoms with Gasteiger partial charge in [0.25, 0.3) is 5.91 Å². The molecule has 134 valence electrons. The van der Waals surface area contributed by atoms with E-state index >= 15 is 0 Å². The molecule has 0 saturated heterocycles. The summed E-state index contributed by atoms with van der Waals surface area (Å²) in [5, 5.41) is 2.65. The summed E-state index contributed by atoms with van der Waals surface area (Å²) in [5.74, 6) is -0.866. The van der Waals surface area contributed by atoms with Crippen LogP contribution in [0.15, 0.2) is 47.4 Å². The van der Waals surface area contributed by atoms with Crippen molar-refractivity contribution in [2.75, 3.05) is 18.4 Å². The second kappa shape index (κ2) is 7.76. The van der Waals surface area contributed by atoms with Gasteiger partial charge in [-0.3, -0.25) is 4.79 Å². The number of rotatable bonds is 6. The highest BCUT2D eigenvalue weighted by Gasteiger charge is 2.24. The molecule has 2 aromatic carbocycles. The molecule has 0 aliphatic heterocycles. The molecule has 0 aliphatic carbocycles. The Kier molecular flexibility index (Phi) is 5.92. The average molecular weight is 364 g/mol. The largest absolute Gasteiger partial charge is 0.322 e. The van der Waals surface area contributed by atoms with Crippen LogP contribution in [0.1, 0.15) is 29.8 Å². The van der Waals surface area contributed by atoms with Gasteiger partial charge in [0.2, 0.25) is 10.0 Å². The predicted molar refractivity (Wildman–Crippen MR) is 95.6 cm³/mol. The lowest BCUT2D eigenvalue weighted by atomic mass is 10.2. The van der Waals surface area contributed by atoms with Crippen LogP contribution in [-0.4, -0.2) is 31.7 Å². The lowest BCUT2D eigenvalue weighted by Crippen LogP contribution is -2.31. The fraction of sp³-hybridized carbons (Fsp3) is 0.278. The Morgan fingerprint density at radius 3 is 2.24 bits per heavy atom. The molecule has 2 rings (SSSR count). The van der Waals surface area contributed by atoms with Crippen molar-refractivity contribution in [2.45, 2.75) is 25.7 Å². The van der Waals surface area contributed by atoms with Crippen molar-refractivity contribution in [3.8, 4) is 0 Å². The molecule has 1 N–H and O–H groups in total. The maximum absolute atomic E-state index is 12.9. The highest BCUT2D eigenvalue weighted by molar-refractivity contribution is 7.89. The number of benzene rings is 2. The fourth-order valence-electron chi connectivity index (χ4n) is 2.46. The van der Waals surface area contributed by atoms with E-state index in [-0.39, 0.29) is 10.5 Å². The van der Waals surface area contributed by atoms with Gasteiger partial charge in [0.15, 0.2) is 0 Å². The second-order valence-corrected chi connectivity index (χ2v) is 7.44. The minimum atomic E-state index is -3.63. The highest BCUT2D eigenvalue weighted by Crippen LogP contribution is 2.24. The van der Waals surface area contributed by atoms with E-state index in [4.69, 9.17) is 0 Å². The Hall–Kier alpha value is -2.25. The van der Waals surface area contributed by atoms with E-state index in [1.54, 1.807) is 32.9 Å². The standard InChI is InChI=1S/C18H21FN2O3S/c1-4-21(5-2)25(23,24)17-12-16(11-6-13(17)3)20-18(22)14-7-9-15(19)10-8-14/h6-12H,4-5H2,1-3H3,(H,20,22). The number of amides is 1. The maximum Gasteiger partial charge on any atom is 0.255 e. The molecule has 0 saturated carbocycles. The number of hydrogen-bond donors (Lipinski definition) is 1. The Morgan fingerprint density at radius 1 is 1.08 bits per heavy atom. The highest BCUT2D eigenvalue weighted by atomic mass is 32.2. The van der Waals surface area contributed by atoms with E-state index < -0.39 is 21.7 Å². The molecule has 0 aromatic heterocycles. The van der Waals surface area contributed by atoms with Crippen molar-refractivity contribution in [3.63, 3.8) is 0 Å². The zero-order chi connectivity index (χ0) is 18.6. The average Bonchev–Trinajstić information content (AvgIpc) is 2.57. The molecule has 0 unspecified atom stereocenters. The van der Waals surface area contributed by atoms with Crippen LogP contribution < -0.4 is 5.32 Å². The molecular weight excluding hydrogens is 343 g/mol. The van der Waals surface area contributed by atoms with Crippen LogP contribution in [0.25, 0.3) is 0 Å². The summed E-state index contributed by atoms with van der Waals surface area (Å²) in [7, 11) is -3.63. The molecule has 0 bridgehead atoms. The summed E-state index contributed by atoms with van der Waals surface area (Å²) in [6.45, 7) is 5.99. The third-order valence-electron chi connectivity index (χ3n) is 3.88. The summed E-state index contributed by atoms with van der Waals surface area (Å²) in [6.07, 6.45) is 0. The molecule has 1 amide bonds. The van der Waals surface area contributed by atoms with Crippen molar-refractivity contribution < 1.29 is 17.6 Å². The first-order valence-corrected chi connectivity index (χ1v) is 9.41. The van der Waals surface area contributed by atoms with Crippen LogP contribution in [0.3, 0.4) is 0 Å². The number of carbonyl (C=O) groups is 1. The van der Waals surface area contributed by atoms with Gasteiger partial charge in [-0.1, -0.05) is 19.9 Å². The zero-order valence-corrected chi connectivity index (χ0v) is 15.2. The predicted octanol–water partition coefficient (Wildman–Crippen LogP) is 3.42. The molecule has 7 heteroatoms. The van der Waals surface area contributed by atoms with Crippen LogP contribution in [0, 0.1) is 12.7 Å². The van der Waals surface area contributed by atoms with Crippen molar-refractivity contribution in [3.05, 3.63) is 59.4 Å². The molecule has 0 heterocycles. The quantitative estimate of drug-likeness (QED) is 0.854. The number of carbonyl (C=O) groups excluding carboxylic acids is 1. The summed E-state index contributed by atoms with van der Waals surface area (Å²) in [6, 6.07) is 9.86. The normalized spacial score (nSPS) is 11.6. The Bertz CT molecular complexity index is 860. The summed E-state index contributed by atoms with van der Waals surface area (Å²) in [5.41, 5.74) is 1.26. The number of aryl methyl sites for hydroxylation is 1. The van der Waals surface area contributed by atoms with E-state index in [0.717, 1.165) is 0 Å². The van der Waals surface area contributed by atoms with E-state index in [1.807, 2.05) is 0 Å². The number of anilines is 1. The van der Waals surface area contributed by atoms with Gasteiger partial charge in [-0.05, 0) is 48.9 Å². The van der Waals surface area contributed by atoms with Gasteiger partial charge in [0, 0.05) is 24.3 Å². The number of sulfonamides is 1. The number of hydrogen-bond acceptors (Lipinski definition) is 3. The second-order valence-electron chi connectivity index (χ2n) is 5.53. The van der Waals surface area contributed by atoms with Gasteiger partial charge in [-0.15, -0.1) is 0 Å². The molecule has 0 aliphatic rings. The number of halogens is 1. The van der Waals surface area contributed by atoms with Crippen LogP contribution >= 0.6 is 0 Å². The third-order valence-corrected chi connectivity index (χ3v) is 6.07. The molecular formula is C18H21FN2O3S. The minimum absolute atomic E-state index is 0.160. The lowest BCUT2D eigenvalue weighted by Gasteiger charge is -2.20. The monoisotopic (exact) mass is 364 g/mol. The number of nitrogens with one attached hydrogen (secondary N) is 1. The fourth-order valence-corrected chi connectivity index (χ4v) is 4.17. The van der Waals surface area contributed by atoms with Gasteiger partial charge in [0.05, 0.1) is 4.90 Å². The van der Waals surface area contributed by atoms with Crippen molar-refractivity contribution in [1.82, 2.24) is 4.31 Å². The molecule has 2 aromatic rings. The SMILES string of the molecule is CCN(CC)S(=O)(=O)c1cc(NC(=O)c2ccc(F)cc2)ccc1C. The van der Waals surface area contributed by atoms with Crippen LogP contribution in [-0.2, 0) is 10.0 Å². The number of nitrogens with zero attached hydrogens (tertiary/aromatic N) is 1. The van der Waals surface area contributed by atoms with E-state index in [2.05, 4.69) is 5.32 Å². The van der Waals surface area contributed by atoms with Gasteiger partial charge in [-0.2, -0.15) is 4.31 Å². The van der Waals surface area contributed by atoms with E-state index in [9.17, 15) is 17.6 Å². The van der Waals surface area contributed by atoms with E-state index in [0.29, 0.717) is 24.3 Å². The smallest absolute Gasteiger partial charge is 0.255 e. The summed E-state index contributed by atoms with van der Waals surface area (Å²) < 4.78 is 39.8. The van der Waals surface area contributed by atoms with Gasteiger partial charge in [0.1, 0.15) is 5.82 Å². The molecule has 5 nitrogen and oxygen atoms in total. The van der Waals surface area contributed by atoms with Crippen molar-refractivity contribution >= 4 is 21.6 Å². The van der Waals surface area contributed by atoms with Crippen LogP contribution in [0.2, 0.25) is 0 Å². The zero-order valence-electron chi connectivity index (χ0n) is 14.4. The Morgan fingerprint density at radius 2 is 1.68 bits per heavy atom. The maximum atomic E-state index is 12.9. The van der Waals surface area contributed by atoms with Crippen LogP contribution in [0.5, 0.6) is 0 Å². The van der Waals surface area contributed by atoms with Gasteiger partial charge >= 0.3 is 0 Å². The van der Waals surface area contributed by atoms with Crippen molar-refractivity contribution in [2.24, 2.45) is 0 Å². The van der Waals surface area contributed by atoms with Crippen molar-refractivity contribution in [1.29, 1.82) is 0 Å². The molecule has 0 atom stereocenters. The topological polar surface area (TPSA) is 66.5 Å². The first-order chi connectivity index (χ1) is 11.8. The van der Waals surface area contributed by atoms with Gasteiger partial charge in [-0.25, -0.2) is 12.8 Å². The first-order valence-electron chi connectivity index (χ1n) is 7.97. The minimum Gasteiger partial charge on any atom is -0.322 e. The molecule has 25 heavy (non-hydrogen) atoms. The Balaban J connectivity index is 2.33.